The number of pyridine rings is 1. The summed E-state index contributed by atoms with van der Waals surface area (Å²) in [5.41, 5.74) is 3.45. The first kappa shape index (κ1) is 26.0. The molecule has 1 atom stereocenters. The van der Waals surface area contributed by atoms with Crippen molar-refractivity contribution in [1.82, 2.24) is 30.1 Å². The predicted octanol–water partition coefficient (Wildman–Crippen LogP) is 5.72. The molecule has 9 heteroatoms. The molecule has 2 aromatic carbocycles. The molecule has 3 aromatic heterocycles. The Balaban J connectivity index is 1.50. The van der Waals surface area contributed by atoms with E-state index in [2.05, 4.69) is 50.5 Å². The van der Waals surface area contributed by atoms with E-state index in [1.165, 1.54) is 0 Å². The van der Waals surface area contributed by atoms with Crippen LogP contribution in [0.1, 0.15) is 73.0 Å². The average Bonchev–Trinajstić information content (AvgIpc) is 3.74. The van der Waals surface area contributed by atoms with Crippen LogP contribution in [0.25, 0.3) is 10.9 Å². The molecule has 0 saturated heterocycles. The fourth-order valence-electron chi connectivity index (χ4n) is 5.77. The number of hydrogen-bond acceptors (Lipinski definition) is 7. The van der Waals surface area contributed by atoms with Crippen LogP contribution in [0.15, 0.2) is 76.1 Å². The van der Waals surface area contributed by atoms with E-state index >= 15 is 0 Å². The number of aryl methyl sites for hydroxylation is 1. The minimum Gasteiger partial charge on any atom is -0.494 e. The smallest absolute Gasteiger partial charge is 0.253 e. The molecule has 1 aliphatic carbocycles. The van der Waals surface area contributed by atoms with Crippen LogP contribution in [0.4, 0.5) is 0 Å². The van der Waals surface area contributed by atoms with Crippen LogP contribution in [0.5, 0.6) is 5.75 Å². The van der Waals surface area contributed by atoms with Gasteiger partial charge in [0.25, 0.3) is 5.56 Å². The SMILES string of the molecule is CCOc1ccc(CN(Cc2ccco2)[C@@H](c2cc3cc(C)ccc3[nH]c2=O)c2nnnn2C2CCCC2)cc1. The summed E-state index contributed by atoms with van der Waals surface area (Å²) in [5, 5.41) is 14.1. The Morgan fingerprint density at radius 3 is 2.67 bits per heavy atom. The van der Waals surface area contributed by atoms with Crippen LogP contribution >= 0.6 is 0 Å². The fourth-order valence-corrected chi connectivity index (χ4v) is 5.77. The molecule has 1 aliphatic rings. The lowest BCUT2D eigenvalue weighted by atomic mass is 10.0. The number of aromatic amines is 1. The monoisotopic (exact) mass is 538 g/mol. The lowest BCUT2D eigenvalue weighted by Gasteiger charge is -2.31. The Kier molecular flexibility index (Phi) is 7.46. The van der Waals surface area contributed by atoms with E-state index < -0.39 is 6.04 Å². The summed E-state index contributed by atoms with van der Waals surface area (Å²) in [5.74, 6) is 2.29. The van der Waals surface area contributed by atoms with Crippen LogP contribution in [0.2, 0.25) is 0 Å². The van der Waals surface area contributed by atoms with Crippen LogP contribution in [0, 0.1) is 6.92 Å². The fraction of sp³-hybridized carbons (Fsp3) is 0.355. The third-order valence-electron chi connectivity index (χ3n) is 7.68. The van der Waals surface area contributed by atoms with E-state index in [1.54, 1.807) is 6.26 Å². The first-order valence-electron chi connectivity index (χ1n) is 14.0. The van der Waals surface area contributed by atoms with Crippen LogP contribution in [-0.4, -0.2) is 36.7 Å². The summed E-state index contributed by atoms with van der Waals surface area (Å²) >= 11 is 0. The van der Waals surface area contributed by atoms with Crippen LogP contribution < -0.4 is 10.3 Å². The maximum absolute atomic E-state index is 13.8. The maximum Gasteiger partial charge on any atom is 0.253 e. The number of tetrazole rings is 1. The van der Waals surface area contributed by atoms with Crippen molar-refractivity contribution in [3.05, 3.63) is 106 Å². The third kappa shape index (κ3) is 5.42. The Labute approximate surface area is 232 Å². The molecule has 0 bridgehead atoms. The molecule has 40 heavy (non-hydrogen) atoms. The number of H-pyrrole nitrogens is 1. The summed E-state index contributed by atoms with van der Waals surface area (Å²) in [6, 6.07) is 19.7. The van der Waals surface area contributed by atoms with Gasteiger partial charge in [-0.15, -0.1) is 5.10 Å². The number of rotatable bonds is 10. The molecule has 6 rings (SSSR count). The zero-order valence-corrected chi connectivity index (χ0v) is 22.9. The summed E-state index contributed by atoms with van der Waals surface area (Å²) in [4.78, 5) is 19.1. The van der Waals surface area contributed by atoms with Crippen molar-refractivity contribution in [2.24, 2.45) is 0 Å². The Morgan fingerprint density at radius 1 is 1.10 bits per heavy atom. The highest BCUT2D eigenvalue weighted by molar-refractivity contribution is 5.79. The zero-order valence-electron chi connectivity index (χ0n) is 22.9. The summed E-state index contributed by atoms with van der Waals surface area (Å²) in [6.45, 7) is 5.65. The van der Waals surface area contributed by atoms with Gasteiger partial charge in [0.15, 0.2) is 5.82 Å². The van der Waals surface area contributed by atoms with Gasteiger partial charge in [0, 0.05) is 17.6 Å². The van der Waals surface area contributed by atoms with Gasteiger partial charge in [0.05, 0.1) is 25.5 Å². The van der Waals surface area contributed by atoms with E-state index in [0.29, 0.717) is 31.1 Å². The summed E-state index contributed by atoms with van der Waals surface area (Å²) in [7, 11) is 0. The highest BCUT2D eigenvalue weighted by atomic mass is 16.5. The molecular formula is C31H34N6O3. The van der Waals surface area contributed by atoms with Gasteiger partial charge >= 0.3 is 0 Å². The van der Waals surface area contributed by atoms with Crippen molar-refractivity contribution < 1.29 is 9.15 Å². The zero-order chi connectivity index (χ0) is 27.5. The molecule has 0 aliphatic heterocycles. The second kappa shape index (κ2) is 11.5. The van der Waals surface area contributed by atoms with Crippen LogP contribution in [0.3, 0.4) is 0 Å². The van der Waals surface area contributed by atoms with Gasteiger partial charge in [0.2, 0.25) is 0 Å². The Morgan fingerprint density at radius 2 is 1.93 bits per heavy atom. The molecule has 0 spiro atoms. The Hall–Kier alpha value is -4.24. The molecule has 1 N–H and O–H groups in total. The van der Waals surface area contributed by atoms with Gasteiger partial charge in [0.1, 0.15) is 17.6 Å². The van der Waals surface area contributed by atoms with Gasteiger partial charge in [-0.05, 0) is 90.5 Å². The second-order valence-electron chi connectivity index (χ2n) is 10.5. The van der Waals surface area contributed by atoms with Crippen molar-refractivity contribution in [1.29, 1.82) is 0 Å². The molecule has 5 aromatic rings. The molecule has 9 nitrogen and oxygen atoms in total. The highest BCUT2D eigenvalue weighted by Crippen LogP contribution is 2.35. The molecule has 3 heterocycles. The molecule has 206 valence electrons. The first-order chi connectivity index (χ1) is 19.6. The summed E-state index contributed by atoms with van der Waals surface area (Å²) < 4.78 is 13.4. The van der Waals surface area contributed by atoms with E-state index in [4.69, 9.17) is 9.15 Å². The molecule has 1 saturated carbocycles. The van der Waals surface area contributed by atoms with Gasteiger partial charge in [-0.2, -0.15) is 0 Å². The number of nitrogens with zero attached hydrogens (tertiary/aromatic N) is 5. The minimum atomic E-state index is -0.513. The van der Waals surface area contributed by atoms with Gasteiger partial charge in [-0.25, -0.2) is 4.68 Å². The van der Waals surface area contributed by atoms with Crippen molar-refractivity contribution in [2.45, 2.75) is 64.7 Å². The predicted molar refractivity (Wildman–Crippen MR) is 152 cm³/mol. The van der Waals surface area contributed by atoms with E-state index in [0.717, 1.165) is 59.2 Å². The number of benzene rings is 2. The number of furan rings is 1. The maximum atomic E-state index is 13.8. The number of aromatic nitrogens is 5. The molecule has 0 amide bonds. The number of ether oxygens (including phenoxy) is 1. The van der Waals surface area contributed by atoms with Crippen molar-refractivity contribution >= 4 is 10.9 Å². The normalized spacial score (nSPS) is 14.8. The topological polar surface area (TPSA) is 102 Å². The lowest BCUT2D eigenvalue weighted by molar-refractivity contribution is 0.176. The second-order valence-corrected chi connectivity index (χ2v) is 10.5. The Bertz CT molecular complexity index is 1620. The van der Waals surface area contributed by atoms with Crippen LogP contribution in [-0.2, 0) is 13.1 Å². The molecule has 0 radical (unpaired) electrons. The third-order valence-corrected chi connectivity index (χ3v) is 7.68. The first-order valence-corrected chi connectivity index (χ1v) is 14.0. The minimum absolute atomic E-state index is 0.154. The largest absolute Gasteiger partial charge is 0.494 e. The van der Waals surface area contributed by atoms with Crippen molar-refractivity contribution in [3.8, 4) is 5.75 Å². The number of nitrogens with one attached hydrogen (secondary N) is 1. The quantitative estimate of drug-likeness (QED) is 0.243. The molecular weight excluding hydrogens is 504 g/mol. The van der Waals surface area contributed by atoms with Crippen molar-refractivity contribution in [3.63, 3.8) is 0 Å². The molecule has 0 unspecified atom stereocenters. The lowest BCUT2D eigenvalue weighted by Crippen LogP contribution is -2.35. The van der Waals surface area contributed by atoms with Gasteiger partial charge in [-0.1, -0.05) is 36.6 Å². The standard InChI is InChI=1S/C31H34N6O3/c1-3-39-25-13-11-22(12-14-25)19-36(20-26-9-6-16-40-26)29(30-33-34-35-37(30)24-7-4-5-8-24)27-18-23-17-21(2)10-15-28(23)32-31(27)38/h6,9-18,24,29H,3-5,7-8,19-20H2,1-2H3,(H,32,38)/t29-/m0/s1. The van der Waals surface area contributed by atoms with E-state index in [1.807, 2.05) is 54.1 Å². The summed E-state index contributed by atoms with van der Waals surface area (Å²) in [6.07, 6.45) is 6.01. The van der Waals surface area contributed by atoms with Gasteiger partial charge in [-0.3, -0.25) is 9.69 Å². The van der Waals surface area contributed by atoms with Crippen molar-refractivity contribution in [2.75, 3.05) is 6.61 Å². The average molecular weight is 539 g/mol. The number of hydrogen-bond donors (Lipinski definition) is 1. The van der Waals surface area contributed by atoms with E-state index in [-0.39, 0.29) is 11.6 Å². The number of fused-ring (bicyclic) bond motifs is 1. The van der Waals surface area contributed by atoms with Gasteiger partial charge < -0.3 is 14.1 Å². The van der Waals surface area contributed by atoms with E-state index in [9.17, 15) is 4.79 Å². The highest BCUT2D eigenvalue weighted by Gasteiger charge is 2.34. The molecule has 1 fully saturated rings.